The number of carbonyl (C=O) groups excluding carboxylic acids is 3. The van der Waals surface area contributed by atoms with Crippen molar-refractivity contribution in [3.63, 3.8) is 0 Å². The van der Waals surface area contributed by atoms with E-state index in [-0.39, 0.29) is 11.1 Å². The number of rotatable bonds is 4. The number of amides is 3. The van der Waals surface area contributed by atoms with E-state index in [1.807, 2.05) is 48.5 Å². The highest BCUT2D eigenvalue weighted by Gasteiger charge is 2.29. The fraction of sp³-hybridized carbons (Fsp3) is 0.115. The summed E-state index contributed by atoms with van der Waals surface area (Å²) in [5.41, 5.74) is 5.94. The van der Waals surface area contributed by atoms with Crippen LogP contribution in [0.4, 0.5) is 10.5 Å². The van der Waals surface area contributed by atoms with Crippen molar-refractivity contribution in [3.05, 3.63) is 94.4 Å². The van der Waals surface area contributed by atoms with Crippen LogP contribution in [0.3, 0.4) is 0 Å². The molecule has 1 N–H and O–H groups in total. The summed E-state index contributed by atoms with van der Waals surface area (Å²) >= 11 is 0.883. The molecular weight excluding hydrogens is 420 g/mol. The summed E-state index contributed by atoms with van der Waals surface area (Å²) in [7, 11) is 0. The largest absolute Gasteiger partial charge is 0.307 e. The van der Waals surface area contributed by atoms with Gasteiger partial charge >= 0.3 is 0 Å². The number of nitrogens with zero attached hydrogens (tertiary/aromatic N) is 1. The normalized spacial score (nSPS) is 16.9. The first-order chi connectivity index (χ1) is 15.6. The van der Waals surface area contributed by atoms with E-state index in [0.717, 1.165) is 45.3 Å². The highest BCUT2D eigenvalue weighted by molar-refractivity contribution is 8.18. The zero-order valence-corrected chi connectivity index (χ0v) is 18.0. The maximum atomic E-state index is 12.9. The molecule has 2 aliphatic heterocycles. The lowest BCUT2D eigenvalue weighted by atomic mass is 9.96. The number of hydrogen-bond acceptors (Lipinski definition) is 4. The lowest BCUT2D eigenvalue weighted by Gasteiger charge is -2.31. The second-order valence-electron chi connectivity index (χ2n) is 7.75. The van der Waals surface area contributed by atoms with Gasteiger partial charge in [-0.3, -0.25) is 19.7 Å². The van der Waals surface area contributed by atoms with E-state index in [4.69, 9.17) is 0 Å². The van der Waals surface area contributed by atoms with Gasteiger partial charge < -0.3 is 4.90 Å². The Morgan fingerprint density at radius 2 is 1.59 bits per heavy atom. The molecule has 32 heavy (non-hydrogen) atoms. The number of thioether (sulfide) groups is 1. The van der Waals surface area contributed by atoms with Gasteiger partial charge in [-0.05, 0) is 52.1 Å². The van der Waals surface area contributed by atoms with Gasteiger partial charge in [0.1, 0.15) is 0 Å². The predicted octanol–water partition coefficient (Wildman–Crippen LogP) is 5.16. The zero-order chi connectivity index (χ0) is 22.1. The standard InChI is InChI=1S/C26H20N2O3S/c29-23-14-13-20-7-4-8-21(15-22-25(30)27-26(31)32-22)24(20)28(23)16-17-9-11-19(12-10-17)18-5-2-1-3-6-18/h1-12,15H,13-14,16H2,(H,27,30,31). The molecule has 3 amide bonds. The maximum Gasteiger partial charge on any atom is 0.290 e. The molecule has 3 aromatic rings. The molecule has 0 atom stereocenters. The van der Waals surface area contributed by atoms with Crippen LogP contribution in [0.2, 0.25) is 0 Å². The number of fused-ring (bicyclic) bond motifs is 1. The molecule has 5 rings (SSSR count). The van der Waals surface area contributed by atoms with E-state index in [1.54, 1.807) is 11.0 Å². The third-order valence-electron chi connectivity index (χ3n) is 5.66. The number of para-hydroxylation sites is 1. The summed E-state index contributed by atoms with van der Waals surface area (Å²) in [6.07, 6.45) is 2.81. The molecule has 158 valence electrons. The van der Waals surface area contributed by atoms with E-state index in [0.29, 0.717) is 24.3 Å². The average Bonchev–Trinajstić information content (AvgIpc) is 3.13. The topological polar surface area (TPSA) is 66.5 Å². The molecule has 0 spiro atoms. The van der Waals surface area contributed by atoms with Crippen molar-refractivity contribution >= 4 is 40.6 Å². The van der Waals surface area contributed by atoms with Crippen LogP contribution in [-0.4, -0.2) is 17.1 Å². The van der Waals surface area contributed by atoms with Crippen LogP contribution in [0, 0.1) is 0 Å². The van der Waals surface area contributed by atoms with Crippen LogP contribution in [0.15, 0.2) is 77.7 Å². The predicted molar refractivity (Wildman–Crippen MR) is 127 cm³/mol. The van der Waals surface area contributed by atoms with Crippen LogP contribution in [0.1, 0.15) is 23.1 Å². The molecule has 0 bridgehead atoms. The van der Waals surface area contributed by atoms with Gasteiger partial charge in [0, 0.05) is 6.42 Å². The number of benzene rings is 3. The van der Waals surface area contributed by atoms with Crippen LogP contribution in [0.5, 0.6) is 0 Å². The van der Waals surface area contributed by atoms with Crippen molar-refractivity contribution in [2.24, 2.45) is 0 Å². The van der Waals surface area contributed by atoms with Crippen molar-refractivity contribution in [1.29, 1.82) is 0 Å². The minimum absolute atomic E-state index is 0.0510. The summed E-state index contributed by atoms with van der Waals surface area (Å²) in [6.45, 7) is 0.444. The first-order valence-electron chi connectivity index (χ1n) is 10.4. The minimum Gasteiger partial charge on any atom is -0.307 e. The first kappa shape index (κ1) is 20.3. The summed E-state index contributed by atoms with van der Waals surface area (Å²) in [5.74, 6) is -0.349. The molecule has 6 heteroatoms. The molecule has 0 radical (unpaired) electrons. The Bertz CT molecular complexity index is 1250. The summed E-state index contributed by atoms with van der Waals surface area (Å²) in [6, 6.07) is 24.2. The van der Waals surface area contributed by atoms with Gasteiger partial charge in [0.15, 0.2) is 0 Å². The van der Waals surface area contributed by atoms with Crippen molar-refractivity contribution in [3.8, 4) is 11.1 Å². The number of nitrogens with one attached hydrogen (secondary N) is 1. The van der Waals surface area contributed by atoms with Gasteiger partial charge in [0.2, 0.25) is 5.91 Å². The van der Waals surface area contributed by atoms with E-state index < -0.39 is 5.91 Å². The highest BCUT2D eigenvalue weighted by Crippen LogP contribution is 2.36. The quantitative estimate of drug-likeness (QED) is 0.570. The average molecular weight is 441 g/mol. The molecule has 5 nitrogen and oxygen atoms in total. The zero-order valence-electron chi connectivity index (χ0n) is 17.2. The third kappa shape index (κ3) is 3.97. The van der Waals surface area contributed by atoms with Gasteiger partial charge in [-0.15, -0.1) is 0 Å². The minimum atomic E-state index is -0.400. The molecule has 2 aliphatic rings. The Kier molecular flexibility index (Phi) is 5.37. The van der Waals surface area contributed by atoms with Crippen molar-refractivity contribution in [1.82, 2.24) is 5.32 Å². The van der Waals surface area contributed by atoms with Gasteiger partial charge in [-0.25, -0.2) is 0 Å². The molecule has 0 aliphatic carbocycles. The van der Waals surface area contributed by atoms with Gasteiger partial charge in [-0.1, -0.05) is 72.8 Å². The van der Waals surface area contributed by atoms with Crippen LogP contribution >= 0.6 is 11.8 Å². The van der Waals surface area contributed by atoms with Crippen molar-refractivity contribution in [2.75, 3.05) is 4.90 Å². The molecule has 2 heterocycles. The lowest BCUT2D eigenvalue weighted by molar-refractivity contribution is -0.119. The molecular formula is C26H20N2O3S. The number of carbonyl (C=O) groups is 3. The molecule has 0 aromatic heterocycles. The second kappa shape index (κ2) is 8.48. The van der Waals surface area contributed by atoms with Crippen LogP contribution in [0.25, 0.3) is 17.2 Å². The SMILES string of the molecule is O=C1NC(=O)C(=Cc2cccc3c2N(Cc2ccc(-c4ccccc4)cc2)C(=O)CC3)S1. The Hall–Kier alpha value is -3.64. The third-order valence-corrected chi connectivity index (χ3v) is 6.47. The maximum absolute atomic E-state index is 12.9. The van der Waals surface area contributed by atoms with E-state index in [2.05, 4.69) is 29.6 Å². The molecule has 1 saturated heterocycles. The number of anilines is 1. The summed E-state index contributed by atoms with van der Waals surface area (Å²) < 4.78 is 0. The Morgan fingerprint density at radius 1 is 0.844 bits per heavy atom. The van der Waals surface area contributed by atoms with Gasteiger partial charge in [0.25, 0.3) is 11.1 Å². The van der Waals surface area contributed by atoms with Gasteiger partial charge in [0.05, 0.1) is 17.1 Å². The van der Waals surface area contributed by atoms with E-state index in [9.17, 15) is 14.4 Å². The fourth-order valence-corrected chi connectivity index (χ4v) is 4.78. The number of imide groups is 1. The highest BCUT2D eigenvalue weighted by atomic mass is 32.2. The smallest absolute Gasteiger partial charge is 0.290 e. The Labute approximate surface area is 190 Å². The number of hydrogen-bond donors (Lipinski definition) is 1. The van der Waals surface area contributed by atoms with Crippen molar-refractivity contribution < 1.29 is 14.4 Å². The molecule has 0 saturated carbocycles. The van der Waals surface area contributed by atoms with E-state index >= 15 is 0 Å². The number of aryl methyl sites for hydroxylation is 1. The Balaban J connectivity index is 1.47. The first-order valence-corrected chi connectivity index (χ1v) is 11.2. The second-order valence-corrected chi connectivity index (χ2v) is 8.76. The fourth-order valence-electron chi connectivity index (χ4n) is 4.11. The Morgan fingerprint density at radius 3 is 2.31 bits per heavy atom. The molecule has 0 unspecified atom stereocenters. The molecule has 1 fully saturated rings. The lowest BCUT2D eigenvalue weighted by Crippen LogP contribution is -2.35. The van der Waals surface area contributed by atoms with Crippen LogP contribution < -0.4 is 10.2 Å². The van der Waals surface area contributed by atoms with E-state index in [1.165, 1.54) is 0 Å². The monoisotopic (exact) mass is 440 g/mol. The summed E-state index contributed by atoms with van der Waals surface area (Å²) in [4.78, 5) is 38.7. The van der Waals surface area contributed by atoms with Crippen LogP contribution in [-0.2, 0) is 22.6 Å². The van der Waals surface area contributed by atoms with Gasteiger partial charge in [-0.2, -0.15) is 0 Å². The molecule has 3 aromatic carbocycles. The summed E-state index contributed by atoms with van der Waals surface area (Å²) in [5, 5.41) is 1.90. The van der Waals surface area contributed by atoms with Crippen molar-refractivity contribution in [2.45, 2.75) is 19.4 Å².